The number of aryl methyl sites for hydroxylation is 1. The highest BCUT2D eigenvalue weighted by atomic mass is 16.7. The topological polar surface area (TPSA) is 47.0 Å². The lowest BCUT2D eigenvalue weighted by molar-refractivity contribution is 0.0876. The largest absolute Gasteiger partial charge is 0.301 e. The number of aromatic nitrogens is 2. The summed E-state index contributed by atoms with van der Waals surface area (Å²) in [6, 6.07) is 0.220. The maximum atomic E-state index is 5.02. The van der Waals surface area contributed by atoms with Crippen LogP contribution in [-0.2, 0) is 4.84 Å². The molecule has 1 unspecified atom stereocenters. The second kappa shape index (κ2) is 3.16. The normalized spacial score (nSPS) is 22.9. The van der Waals surface area contributed by atoms with Crippen molar-refractivity contribution in [2.45, 2.75) is 19.4 Å². The minimum atomic E-state index is 0.220. The summed E-state index contributed by atoms with van der Waals surface area (Å²) in [7, 11) is 0. The average Bonchev–Trinajstić information content (AvgIpc) is 2.58. The number of hydrogen-bond acceptors (Lipinski definition) is 4. The molecule has 0 aliphatic carbocycles. The highest BCUT2D eigenvalue weighted by molar-refractivity contribution is 5.05. The van der Waals surface area contributed by atoms with Crippen LogP contribution in [0, 0.1) is 6.92 Å². The molecule has 0 radical (unpaired) electrons. The van der Waals surface area contributed by atoms with Gasteiger partial charge in [0.15, 0.2) is 0 Å². The van der Waals surface area contributed by atoms with E-state index in [2.05, 4.69) is 15.4 Å². The maximum absolute atomic E-state index is 5.02. The lowest BCUT2D eigenvalue weighted by Gasteiger charge is -2.06. The van der Waals surface area contributed by atoms with Gasteiger partial charge in [0.05, 0.1) is 30.2 Å². The van der Waals surface area contributed by atoms with Gasteiger partial charge in [-0.05, 0) is 13.3 Å². The van der Waals surface area contributed by atoms with Crippen LogP contribution in [-0.4, -0.2) is 16.6 Å². The molecule has 1 aromatic rings. The molecule has 0 saturated carbocycles. The minimum Gasteiger partial charge on any atom is -0.301 e. The van der Waals surface area contributed by atoms with Gasteiger partial charge in [-0.1, -0.05) is 0 Å². The molecular weight excluding hydrogens is 154 g/mol. The molecule has 1 aliphatic heterocycles. The van der Waals surface area contributed by atoms with Gasteiger partial charge in [-0.25, -0.2) is 0 Å². The van der Waals surface area contributed by atoms with E-state index in [-0.39, 0.29) is 6.04 Å². The van der Waals surface area contributed by atoms with Crippen LogP contribution < -0.4 is 5.48 Å². The highest BCUT2D eigenvalue weighted by Gasteiger charge is 2.18. The van der Waals surface area contributed by atoms with Crippen LogP contribution in [0.15, 0.2) is 12.4 Å². The molecule has 1 fully saturated rings. The van der Waals surface area contributed by atoms with E-state index < -0.39 is 0 Å². The fourth-order valence-corrected chi connectivity index (χ4v) is 1.19. The minimum absolute atomic E-state index is 0.220. The summed E-state index contributed by atoms with van der Waals surface area (Å²) in [5, 5.41) is 0. The Kier molecular flexibility index (Phi) is 2.01. The first kappa shape index (κ1) is 7.64. The monoisotopic (exact) mass is 165 g/mol. The molecule has 2 rings (SSSR count). The standard InChI is InChI=1S/C8H11N3O/c1-6-4-10-8(5-9-6)7-2-3-12-11-7/h4-5,7,11H,2-3H2,1H3. The van der Waals surface area contributed by atoms with Crippen molar-refractivity contribution < 1.29 is 4.84 Å². The SMILES string of the molecule is Cc1cnc(C2CCON2)cn1. The summed E-state index contributed by atoms with van der Waals surface area (Å²) < 4.78 is 0. The quantitative estimate of drug-likeness (QED) is 0.667. The number of nitrogens with one attached hydrogen (secondary N) is 1. The van der Waals surface area contributed by atoms with Crippen LogP contribution in [0.1, 0.15) is 23.9 Å². The molecule has 4 heteroatoms. The van der Waals surface area contributed by atoms with Crippen molar-refractivity contribution in [2.75, 3.05) is 6.61 Å². The van der Waals surface area contributed by atoms with Gasteiger partial charge in [-0.3, -0.25) is 9.97 Å². The molecule has 1 N–H and O–H groups in total. The molecule has 1 aromatic heterocycles. The van der Waals surface area contributed by atoms with E-state index in [0.717, 1.165) is 24.4 Å². The van der Waals surface area contributed by atoms with E-state index in [1.54, 1.807) is 12.4 Å². The zero-order valence-electron chi connectivity index (χ0n) is 6.95. The molecule has 1 atom stereocenters. The summed E-state index contributed by atoms with van der Waals surface area (Å²) in [5.74, 6) is 0. The van der Waals surface area contributed by atoms with Gasteiger partial charge in [0.1, 0.15) is 0 Å². The first-order valence-corrected chi connectivity index (χ1v) is 4.02. The fraction of sp³-hybridized carbons (Fsp3) is 0.500. The maximum Gasteiger partial charge on any atom is 0.0781 e. The zero-order chi connectivity index (χ0) is 8.39. The molecule has 0 spiro atoms. The van der Waals surface area contributed by atoms with Crippen molar-refractivity contribution in [2.24, 2.45) is 0 Å². The average molecular weight is 165 g/mol. The van der Waals surface area contributed by atoms with Gasteiger partial charge in [-0.2, -0.15) is 5.48 Å². The van der Waals surface area contributed by atoms with Crippen molar-refractivity contribution in [1.82, 2.24) is 15.4 Å². The van der Waals surface area contributed by atoms with Crippen LogP contribution >= 0.6 is 0 Å². The van der Waals surface area contributed by atoms with Crippen molar-refractivity contribution >= 4 is 0 Å². The van der Waals surface area contributed by atoms with Gasteiger partial charge >= 0.3 is 0 Å². The van der Waals surface area contributed by atoms with Gasteiger partial charge in [0, 0.05) is 6.20 Å². The Morgan fingerprint density at radius 2 is 2.42 bits per heavy atom. The predicted molar refractivity (Wildman–Crippen MR) is 43.2 cm³/mol. The first-order chi connectivity index (χ1) is 5.86. The number of hydroxylamine groups is 1. The lowest BCUT2D eigenvalue weighted by Crippen LogP contribution is -2.13. The highest BCUT2D eigenvalue weighted by Crippen LogP contribution is 2.17. The Hall–Kier alpha value is -1.00. The van der Waals surface area contributed by atoms with Crippen molar-refractivity contribution in [3.8, 4) is 0 Å². The van der Waals surface area contributed by atoms with E-state index in [1.165, 1.54) is 0 Å². The Morgan fingerprint density at radius 1 is 1.50 bits per heavy atom. The molecular formula is C8H11N3O. The Balaban J connectivity index is 2.17. The second-order valence-electron chi connectivity index (χ2n) is 2.89. The fourth-order valence-electron chi connectivity index (χ4n) is 1.19. The number of hydrogen-bond donors (Lipinski definition) is 1. The van der Waals surface area contributed by atoms with Crippen LogP contribution in [0.2, 0.25) is 0 Å². The molecule has 12 heavy (non-hydrogen) atoms. The summed E-state index contributed by atoms with van der Waals surface area (Å²) >= 11 is 0. The molecule has 0 aromatic carbocycles. The summed E-state index contributed by atoms with van der Waals surface area (Å²) in [5.41, 5.74) is 4.79. The third-order valence-corrected chi connectivity index (χ3v) is 1.89. The van der Waals surface area contributed by atoms with Crippen LogP contribution in [0.5, 0.6) is 0 Å². The van der Waals surface area contributed by atoms with Crippen LogP contribution in [0.4, 0.5) is 0 Å². The smallest absolute Gasteiger partial charge is 0.0781 e. The molecule has 0 amide bonds. The van der Waals surface area contributed by atoms with Gasteiger partial charge in [0.25, 0.3) is 0 Å². The third kappa shape index (κ3) is 1.44. The van der Waals surface area contributed by atoms with E-state index >= 15 is 0 Å². The molecule has 1 saturated heterocycles. The summed E-state index contributed by atoms with van der Waals surface area (Å²) in [4.78, 5) is 13.4. The van der Waals surface area contributed by atoms with Gasteiger partial charge < -0.3 is 4.84 Å². The lowest BCUT2D eigenvalue weighted by atomic mass is 10.2. The van der Waals surface area contributed by atoms with Crippen LogP contribution in [0.3, 0.4) is 0 Å². The zero-order valence-corrected chi connectivity index (χ0v) is 6.95. The summed E-state index contributed by atoms with van der Waals surface area (Å²) in [6.45, 7) is 2.68. The van der Waals surface area contributed by atoms with Gasteiger partial charge in [0.2, 0.25) is 0 Å². The molecule has 64 valence electrons. The van der Waals surface area contributed by atoms with E-state index in [9.17, 15) is 0 Å². The van der Waals surface area contributed by atoms with Gasteiger partial charge in [-0.15, -0.1) is 0 Å². The first-order valence-electron chi connectivity index (χ1n) is 4.02. The van der Waals surface area contributed by atoms with E-state index in [1.807, 2.05) is 6.92 Å². The molecule has 1 aliphatic rings. The Morgan fingerprint density at radius 3 is 3.00 bits per heavy atom. The van der Waals surface area contributed by atoms with Crippen molar-refractivity contribution in [3.05, 3.63) is 23.8 Å². The van der Waals surface area contributed by atoms with E-state index in [0.29, 0.717) is 0 Å². The van der Waals surface area contributed by atoms with Crippen molar-refractivity contribution in [1.29, 1.82) is 0 Å². The summed E-state index contributed by atoms with van der Waals surface area (Å²) in [6.07, 6.45) is 4.54. The van der Waals surface area contributed by atoms with Crippen LogP contribution in [0.25, 0.3) is 0 Å². The second-order valence-corrected chi connectivity index (χ2v) is 2.89. The third-order valence-electron chi connectivity index (χ3n) is 1.89. The molecule has 0 bridgehead atoms. The van der Waals surface area contributed by atoms with E-state index in [4.69, 9.17) is 4.84 Å². The number of nitrogens with zero attached hydrogens (tertiary/aromatic N) is 2. The Labute approximate surface area is 70.9 Å². The molecule has 2 heterocycles. The Bertz CT molecular complexity index is 254. The number of rotatable bonds is 1. The predicted octanol–water partition coefficient (Wildman–Crippen LogP) is 0.751. The molecule has 4 nitrogen and oxygen atoms in total. The van der Waals surface area contributed by atoms with Crippen molar-refractivity contribution in [3.63, 3.8) is 0 Å².